The first-order valence-electron chi connectivity index (χ1n) is 6.53. The Morgan fingerprint density at radius 2 is 2.20 bits per heavy atom. The van der Waals surface area contributed by atoms with Crippen molar-refractivity contribution in [3.8, 4) is 11.5 Å². The zero-order valence-corrected chi connectivity index (χ0v) is 13.1. The molecule has 1 atom stereocenters. The molecule has 1 aromatic heterocycles. The van der Waals surface area contributed by atoms with E-state index >= 15 is 0 Å². The Kier molecular flexibility index (Phi) is 4.98. The maximum Gasteiger partial charge on any atom is 0.131 e. The fraction of sp³-hybridized carbons (Fsp3) is 0.400. The number of benzene rings is 1. The molecule has 1 aromatic carbocycles. The lowest BCUT2D eigenvalue weighted by atomic mass is 10.1. The lowest BCUT2D eigenvalue weighted by Gasteiger charge is -2.17. The maximum atomic E-state index is 5.93. The zero-order valence-electron chi connectivity index (χ0n) is 12.3. The van der Waals surface area contributed by atoms with Crippen LogP contribution in [0.4, 0.5) is 0 Å². The molecule has 4 nitrogen and oxygen atoms in total. The Morgan fingerprint density at radius 3 is 2.80 bits per heavy atom. The zero-order chi connectivity index (χ0) is 14.5. The lowest BCUT2D eigenvalue weighted by molar-refractivity contribution is 0.294. The van der Waals surface area contributed by atoms with Crippen LogP contribution in [0.25, 0.3) is 0 Å². The Hall–Kier alpha value is -1.59. The van der Waals surface area contributed by atoms with Crippen molar-refractivity contribution < 1.29 is 9.47 Å². The number of nitrogens with zero attached hydrogens (tertiary/aromatic N) is 1. The van der Waals surface area contributed by atoms with Crippen molar-refractivity contribution in [2.24, 2.45) is 0 Å². The van der Waals surface area contributed by atoms with Gasteiger partial charge in [0.05, 0.1) is 17.8 Å². The molecular formula is C15H20N2O2S. The van der Waals surface area contributed by atoms with Gasteiger partial charge in [-0.25, -0.2) is 4.98 Å². The van der Waals surface area contributed by atoms with Gasteiger partial charge in [-0.05, 0) is 27.0 Å². The van der Waals surface area contributed by atoms with Crippen molar-refractivity contribution >= 4 is 11.3 Å². The van der Waals surface area contributed by atoms with Gasteiger partial charge in [-0.2, -0.15) is 0 Å². The molecule has 1 N–H and O–H groups in total. The summed E-state index contributed by atoms with van der Waals surface area (Å²) in [5, 5.41) is 6.31. The number of ether oxygens (including phenoxy) is 2. The first-order chi connectivity index (χ1) is 9.63. The van der Waals surface area contributed by atoms with E-state index in [0.29, 0.717) is 6.61 Å². The van der Waals surface area contributed by atoms with Gasteiger partial charge in [0.15, 0.2) is 0 Å². The highest BCUT2D eigenvalue weighted by atomic mass is 32.1. The number of aryl methyl sites for hydroxylation is 1. The van der Waals surface area contributed by atoms with Gasteiger partial charge < -0.3 is 14.8 Å². The number of hydrogen-bond donors (Lipinski definition) is 1. The summed E-state index contributed by atoms with van der Waals surface area (Å²) >= 11 is 1.63. The first kappa shape index (κ1) is 14.8. The number of methoxy groups -OCH3 is 1. The molecule has 0 aliphatic heterocycles. The van der Waals surface area contributed by atoms with Crippen LogP contribution in [0, 0.1) is 6.92 Å². The third-order valence-electron chi connectivity index (χ3n) is 3.16. The molecule has 1 heterocycles. The summed E-state index contributed by atoms with van der Waals surface area (Å²) in [6.45, 7) is 4.57. The molecule has 0 amide bonds. The number of rotatable bonds is 6. The van der Waals surface area contributed by atoms with Crippen LogP contribution in [0.5, 0.6) is 11.5 Å². The predicted octanol–water partition coefficient (Wildman–Crippen LogP) is 3.32. The molecular weight excluding hydrogens is 272 g/mol. The maximum absolute atomic E-state index is 5.93. The van der Waals surface area contributed by atoms with Gasteiger partial charge in [0.2, 0.25) is 0 Å². The van der Waals surface area contributed by atoms with Gasteiger partial charge in [-0.3, -0.25) is 0 Å². The number of thiazole rings is 1. The highest BCUT2D eigenvalue weighted by Crippen LogP contribution is 2.30. The monoisotopic (exact) mass is 292 g/mol. The van der Waals surface area contributed by atoms with Crippen LogP contribution in [-0.4, -0.2) is 19.1 Å². The summed E-state index contributed by atoms with van der Waals surface area (Å²) in [5.41, 5.74) is 2.07. The SMILES string of the molecule is CNC(C)c1ccc(OC)cc1OCc1csc(C)n1. The summed E-state index contributed by atoms with van der Waals surface area (Å²) in [4.78, 5) is 4.41. The van der Waals surface area contributed by atoms with E-state index in [1.807, 2.05) is 37.6 Å². The minimum Gasteiger partial charge on any atom is -0.497 e. The van der Waals surface area contributed by atoms with Crippen molar-refractivity contribution in [1.29, 1.82) is 0 Å². The van der Waals surface area contributed by atoms with Crippen LogP contribution in [0.3, 0.4) is 0 Å². The summed E-state index contributed by atoms with van der Waals surface area (Å²) in [6, 6.07) is 6.11. The number of hydrogen-bond acceptors (Lipinski definition) is 5. The standard InChI is InChI=1S/C15H20N2O2S/c1-10(16-3)14-6-5-13(18-4)7-15(14)19-8-12-9-20-11(2)17-12/h5-7,9-10,16H,8H2,1-4H3. The molecule has 1 unspecified atom stereocenters. The Bertz CT molecular complexity index is 569. The fourth-order valence-electron chi connectivity index (χ4n) is 1.91. The molecule has 0 bridgehead atoms. The number of aromatic nitrogens is 1. The molecule has 0 fully saturated rings. The van der Waals surface area contributed by atoms with Gasteiger partial charge in [0.1, 0.15) is 18.1 Å². The molecule has 5 heteroatoms. The van der Waals surface area contributed by atoms with E-state index < -0.39 is 0 Å². The van der Waals surface area contributed by atoms with E-state index in [2.05, 4.69) is 17.2 Å². The molecule has 0 aliphatic rings. The molecule has 0 saturated heterocycles. The van der Waals surface area contributed by atoms with Crippen LogP contribution in [0.2, 0.25) is 0 Å². The van der Waals surface area contributed by atoms with Crippen LogP contribution >= 0.6 is 11.3 Å². The van der Waals surface area contributed by atoms with Crippen molar-refractivity contribution in [1.82, 2.24) is 10.3 Å². The van der Waals surface area contributed by atoms with E-state index in [0.717, 1.165) is 27.8 Å². The second-order valence-electron chi connectivity index (χ2n) is 4.56. The third-order valence-corrected chi connectivity index (χ3v) is 3.98. The second kappa shape index (κ2) is 6.72. The van der Waals surface area contributed by atoms with Gasteiger partial charge in [-0.15, -0.1) is 11.3 Å². The number of nitrogens with one attached hydrogen (secondary N) is 1. The molecule has 2 rings (SSSR count). The molecule has 20 heavy (non-hydrogen) atoms. The summed E-state index contributed by atoms with van der Waals surface area (Å²) in [6.07, 6.45) is 0. The molecule has 2 aromatic rings. The summed E-state index contributed by atoms with van der Waals surface area (Å²) < 4.78 is 11.2. The smallest absolute Gasteiger partial charge is 0.131 e. The molecule has 0 saturated carbocycles. The van der Waals surface area contributed by atoms with E-state index in [-0.39, 0.29) is 6.04 Å². The predicted molar refractivity (Wildman–Crippen MR) is 81.7 cm³/mol. The van der Waals surface area contributed by atoms with Crippen molar-refractivity contribution in [3.05, 3.63) is 39.8 Å². The van der Waals surface area contributed by atoms with Crippen LogP contribution in [0.15, 0.2) is 23.6 Å². The van der Waals surface area contributed by atoms with E-state index in [9.17, 15) is 0 Å². The minimum absolute atomic E-state index is 0.216. The van der Waals surface area contributed by atoms with E-state index in [1.165, 1.54) is 0 Å². The van der Waals surface area contributed by atoms with E-state index in [4.69, 9.17) is 9.47 Å². The topological polar surface area (TPSA) is 43.4 Å². The van der Waals surface area contributed by atoms with Crippen molar-refractivity contribution in [2.75, 3.05) is 14.2 Å². The molecule has 0 aliphatic carbocycles. The fourth-order valence-corrected chi connectivity index (χ4v) is 2.50. The van der Waals surface area contributed by atoms with Gasteiger partial charge in [-0.1, -0.05) is 6.07 Å². The van der Waals surface area contributed by atoms with Crippen LogP contribution in [-0.2, 0) is 6.61 Å². The third kappa shape index (κ3) is 3.49. The molecule has 0 radical (unpaired) electrons. The second-order valence-corrected chi connectivity index (χ2v) is 5.62. The lowest BCUT2D eigenvalue weighted by Crippen LogP contribution is -2.14. The highest BCUT2D eigenvalue weighted by Gasteiger charge is 2.12. The largest absolute Gasteiger partial charge is 0.497 e. The average Bonchev–Trinajstić information content (AvgIpc) is 2.89. The Morgan fingerprint density at radius 1 is 1.40 bits per heavy atom. The van der Waals surface area contributed by atoms with Crippen LogP contribution in [0.1, 0.15) is 29.2 Å². The van der Waals surface area contributed by atoms with Gasteiger partial charge in [0.25, 0.3) is 0 Å². The van der Waals surface area contributed by atoms with Crippen molar-refractivity contribution in [2.45, 2.75) is 26.5 Å². The van der Waals surface area contributed by atoms with Crippen LogP contribution < -0.4 is 14.8 Å². The molecule has 0 spiro atoms. The summed E-state index contributed by atoms with van der Waals surface area (Å²) in [5.74, 6) is 1.62. The Labute approximate surface area is 123 Å². The van der Waals surface area contributed by atoms with E-state index in [1.54, 1.807) is 18.4 Å². The minimum atomic E-state index is 0.216. The van der Waals surface area contributed by atoms with Crippen molar-refractivity contribution in [3.63, 3.8) is 0 Å². The molecule has 108 valence electrons. The first-order valence-corrected chi connectivity index (χ1v) is 7.41. The quantitative estimate of drug-likeness (QED) is 0.887. The van der Waals surface area contributed by atoms with Gasteiger partial charge >= 0.3 is 0 Å². The highest BCUT2D eigenvalue weighted by molar-refractivity contribution is 7.09. The average molecular weight is 292 g/mol. The summed E-state index contributed by atoms with van der Waals surface area (Å²) in [7, 11) is 3.59. The Balaban J connectivity index is 2.18. The van der Waals surface area contributed by atoms with Gasteiger partial charge in [0, 0.05) is 23.1 Å². The normalized spacial score (nSPS) is 12.2.